The van der Waals surface area contributed by atoms with E-state index in [1.165, 1.54) is 15.6 Å². The van der Waals surface area contributed by atoms with Crippen LogP contribution in [0.25, 0.3) is 42.9 Å². The van der Waals surface area contributed by atoms with Crippen molar-refractivity contribution in [1.82, 2.24) is 24.5 Å². The molecule has 30 heavy (non-hydrogen) atoms. The van der Waals surface area contributed by atoms with Crippen molar-refractivity contribution >= 4 is 43.6 Å². The van der Waals surface area contributed by atoms with Gasteiger partial charge in [-0.1, -0.05) is 30.3 Å². The molecule has 5 nitrogen and oxygen atoms in total. The third-order valence-electron chi connectivity index (χ3n) is 5.49. The molecule has 4 heterocycles. The third-order valence-corrected chi connectivity index (χ3v) is 6.63. The first-order valence-electron chi connectivity index (χ1n) is 9.79. The molecule has 0 fully saturated rings. The number of imidazole rings is 1. The molecule has 6 heteroatoms. The van der Waals surface area contributed by atoms with Crippen LogP contribution in [0.3, 0.4) is 0 Å². The quantitative estimate of drug-likeness (QED) is 0.368. The predicted octanol–water partition coefficient (Wildman–Crippen LogP) is 5.87. The number of hydrogen-bond acceptors (Lipinski definition) is 5. The van der Waals surface area contributed by atoms with Crippen molar-refractivity contribution in [1.29, 1.82) is 0 Å². The number of benzene rings is 2. The highest BCUT2D eigenvalue weighted by atomic mass is 32.1. The number of pyridine rings is 1. The highest BCUT2D eigenvalue weighted by molar-refractivity contribution is 7.22. The van der Waals surface area contributed by atoms with E-state index in [1.54, 1.807) is 11.3 Å². The van der Waals surface area contributed by atoms with Gasteiger partial charge in [0.2, 0.25) is 0 Å². The molecular weight excluding hydrogens is 390 g/mol. The molecule has 6 aromatic rings. The summed E-state index contributed by atoms with van der Waals surface area (Å²) >= 11 is 1.73. The minimum atomic E-state index is 0.0755. The van der Waals surface area contributed by atoms with Crippen molar-refractivity contribution in [3.05, 3.63) is 84.9 Å². The van der Waals surface area contributed by atoms with E-state index in [2.05, 4.69) is 81.0 Å². The Labute approximate surface area is 176 Å². The van der Waals surface area contributed by atoms with Gasteiger partial charge < -0.3 is 4.57 Å². The van der Waals surface area contributed by atoms with Crippen molar-refractivity contribution in [2.45, 2.75) is 13.0 Å². The Bertz CT molecular complexity index is 1500. The first kappa shape index (κ1) is 17.2. The van der Waals surface area contributed by atoms with E-state index in [1.807, 2.05) is 24.8 Å². The fourth-order valence-corrected chi connectivity index (χ4v) is 4.85. The fourth-order valence-electron chi connectivity index (χ4n) is 3.83. The minimum Gasteiger partial charge on any atom is -0.307 e. The van der Waals surface area contributed by atoms with E-state index in [4.69, 9.17) is 4.98 Å². The van der Waals surface area contributed by atoms with Gasteiger partial charge in [-0.05, 0) is 48.2 Å². The predicted molar refractivity (Wildman–Crippen MR) is 122 cm³/mol. The normalized spacial score (nSPS) is 12.7. The second-order valence-corrected chi connectivity index (χ2v) is 8.42. The van der Waals surface area contributed by atoms with Gasteiger partial charge in [-0.2, -0.15) is 0 Å². The van der Waals surface area contributed by atoms with E-state index < -0.39 is 0 Å². The number of aromatic nitrogens is 5. The zero-order valence-electron chi connectivity index (χ0n) is 16.2. The van der Waals surface area contributed by atoms with E-state index in [9.17, 15) is 0 Å². The molecule has 0 aliphatic carbocycles. The van der Waals surface area contributed by atoms with E-state index in [-0.39, 0.29) is 6.04 Å². The first-order valence-corrected chi connectivity index (χ1v) is 10.6. The van der Waals surface area contributed by atoms with Crippen LogP contribution in [0, 0.1) is 0 Å². The van der Waals surface area contributed by atoms with Gasteiger partial charge in [-0.15, -0.1) is 11.3 Å². The molecule has 1 atom stereocenters. The molecule has 2 aromatic carbocycles. The molecule has 0 radical (unpaired) electrons. The van der Waals surface area contributed by atoms with Crippen molar-refractivity contribution < 1.29 is 0 Å². The van der Waals surface area contributed by atoms with Gasteiger partial charge in [0.1, 0.15) is 5.69 Å². The van der Waals surface area contributed by atoms with Crippen molar-refractivity contribution in [2.75, 3.05) is 0 Å². The van der Waals surface area contributed by atoms with Gasteiger partial charge >= 0.3 is 0 Å². The summed E-state index contributed by atoms with van der Waals surface area (Å²) in [7, 11) is 0. The first-order chi connectivity index (χ1) is 14.8. The molecule has 0 N–H and O–H groups in total. The summed E-state index contributed by atoms with van der Waals surface area (Å²) in [6, 6.07) is 21.1. The molecular formula is C24H17N5S. The molecule has 0 bridgehead atoms. The maximum atomic E-state index is 4.95. The highest BCUT2D eigenvalue weighted by Crippen LogP contribution is 2.33. The van der Waals surface area contributed by atoms with E-state index in [0.29, 0.717) is 5.65 Å². The second kappa shape index (κ2) is 6.71. The summed E-state index contributed by atoms with van der Waals surface area (Å²) in [5, 5.41) is 2.36. The second-order valence-electron chi connectivity index (χ2n) is 7.33. The highest BCUT2D eigenvalue weighted by Gasteiger charge is 2.16. The molecule has 1 unspecified atom stereocenters. The molecule has 0 aliphatic rings. The Morgan fingerprint density at radius 2 is 1.80 bits per heavy atom. The van der Waals surface area contributed by atoms with E-state index in [0.717, 1.165) is 27.1 Å². The summed E-state index contributed by atoms with van der Waals surface area (Å²) < 4.78 is 3.34. The van der Waals surface area contributed by atoms with Crippen LogP contribution in [0.5, 0.6) is 0 Å². The van der Waals surface area contributed by atoms with Gasteiger partial charge in [0, 0.05) is 16.3 Å². The Morgan fingerprint density at radius 1 is 0.900 bits per heavy atom. The SMILES string of the molecule is CC(c1ccc2ncccc2c1)n1cnc2ncc(-c3cc4ccccc4s3)nc21. The van der Waals surface area contributed by atoms with Crippen LogP contribution in [-0.4, -0.2) is 24.5 Å². The third kappa shape index (κ3) is 2.76. The largest absolute Gasteiger partial charge is 0.307 e. The molecule has 144 valence electrons. The fraction of sp³-hybridized carbons (Fsp3) is 0.0833. The summed E-state index contributed by atoms with van der Waals surface area (Å²) in [6.07, 6.45) is 5.47. The summed E-state index contributed by atoms with van der Waals surface area (Å²) in [6.45, 7) is 2.16. The van der Waals surface area contributed by atoms with Crippen LogP contribution in [0.1, 0.15) is 18.5 Å². The van der Waals surface area contributed by atoms with Crippen LogP contribution >= 0.6 is 11.3 Å². The number of nitrogens with zero attached hydrogens (tertiary/aromatic N) is 5. The molecule has 0 saturated carbocycles. The maximum absolute atomic E-state index is 4.95. The Kier molecular flexibility index (Phi) is 3.86. The zero-order chi connectivity index (χ0) is 20.1. The van der Waals surface area contributed by atoms with Crippen LogP contribution in [0.15, 0.2) is 79.4 Å². The summed E-state index contributed by atoms with van der Waals surface area (Å²) in [5.41, 5.74) is 4.51. The van der Waals surface area contributed by atoms with Crippen molar-refractivity contribution in [3.63, 3.8) is 0 Å². The smallest absolute Gasteiger partial charge is 0.197 e. The Hall–Kier alpha value is -3.64. The van der Waals surface area contributed by atoms with Crippen molar-refractivity contribution in [2.24, 2.45) is 0 Å². The van der Waals surface area contributed by atoms with E-state index >= 15 is 0 Å². The number of rotatable bonds is 3. The van der Waals surface area contributed by atoms with Gasteiger partial charge in [0.25, 0.3) is 0 Å². The Balaban J connectivity index is 1.45. The lowest BCUT2D eigenvalue weighted by atomic mass is 10.1. The monoisotopic (exact) mass is 407 g/mol. The topological polar surface area (TPSA) is 56.5 Å². The Morgan fingerprint density at radius 3 is 2.73 bits per heavy atom. The minimum absolute atomic E-state index is 0.0755. The van der Waals surface area contributed by atoms with Gasteiger partial charge in [0.15, 0.2) is 11.3 Å². The lowest BCUT2D eigenvalue weighted by Gasteiger charge is -2.15. The van der Waals surface area contributed by atoms with Gasteiger partial charge in [0.05, 0.1) is 29.0 Å². The molecule has 0 saturated heterocycles. The van der Waals surface area contributed by atoms with Crippen molar-refractivity contribution in [3.8, 4) is 10.6 Å². The standard InChI is InChI=1S/C24H17N5S/c1-15(16-8-9-19-17(11-16)6-4-10-25-19)29-14-27-23-24(29)28-20(13-26-23)22-12-18-5-2-3-7-21(18)30-22/h2-15H,1H3. The summed E-state index contributed by atoms with van der Waals surface area (Å²) in [4.78, 5) is 19.5. The van der Waals surface area contributed by atoms with Crippen LogP contribution < -0.4 is 0 Å². The summed E-state index contributed by atoms with van der Waals surface area (Å²) in [5.74, 6) is 0. The van der Waals surface area contributed by atoms with Crippen LogP contribution in [0.4, 0.5) is 0 Å². The average Bonchev–Trinajstić information content (AvgIpc) is 3.42. The molecule has 0 spiro atoms. The maximum Gasteiger partial charge on any atom is 0.197 e. The number of fused-ring (bicyclic) bond motifs is 3. The van der Waals surface area contributed by atoms with Gasteiger partial charge in [-0.25, -0.2) is 15.0 Å². The van der Waals surface area contributed by atoms with Gasteiger partial charge in [-0.3, -0.25) is 4.98 Å². The molecule has 4 aromatic heterocycles. The molecule has 6 rings (SSSR count). The molecule has 0 amide bonds. The van der Waals surface area contributed by atoms with Crippen LogP contribution in [-0.2, 0) is 0 Å². The average molecular weight is 408 g/mol. The molecule has 0 aliphatic heterocycles. The number of hydrogen-bond donors (Lipinski definition) is 0. The van der Waals surface area contributed by atoms with Crippen LogP contribution in [0.2, 0.25) is 0 Å². The zero-order valence-corrected chi connectivity index (χ0v) is 17.0. The lowest BCUT2D eigenvalue weighted by molar-refractivity contribution is 0.653. The lowest BCUT2D eigenvalue weighted by Crippen LogP contribution is -2.06. The number of thiophene rings is 1.